The molecule has 1 aliphatic carbocycles. The fourth-order valence-corrected chi connectivity index (χ4v) is 3.01. The molecule has 1 fully saturated rings. The first kappa shape index (κ1) is 16.1. The highest BCUT2D eigenvalue weighted by atomic mass is 35.5. The van der Waals surface area contributed by atoms with Crippen LogP contribution in [0.1, 0.15) is 24.0 Å². The molecule has 1 aliphatic rings. The molecule has 1 heterocycles. The fourth-order valence-electron chi connectivity index (χ4n) is 2.74. The molecule has 0 amide bonds. The molecular weight excluding hydrogens is 312 g/mol. The zero-order valence-electron chi connectivity index (χ0n) is 13.5. The second kappa shape index (κ2) is 7.20. The molecule has 23 heavy (non-hydrogen) atoms. The summed E-state index contributed by atoms with van der Waals surface area (Å²) in [6, 6.07) is 8.51. The van der Waals surface area contributed by atoms with Crippen molar-refractivity contribution in [2.75, 3.05) is 14.2 Å². The summed E-state index contributed by atoms with van der Waals surface area (Å²) in [6.07, 6.45) is 6.21. The van der Waals surface area contributed by atoms with Crippen LogP contribution in [0.2, 0.25) is 5.02 Å². The number of pyridine rings is 1. The van der Waals surface area contributed by atoms with E-state index in [1.165, 1.54) is 18.4 Å². The molecule has 122 valence electrons. The number of hydrogen-bond donors (Lipinski definition) is 0. The zero-order chi connectivity index (χ0) is 16.2. The zero-order valence-corrected chi connectivity index (χ0v) is 14.2. The third kappa shape index (κ3) is 3.95. The third-order valence-electron chi connectivity index (χ3n) is 4.10. The smallest absolute Gasteiger partial charge is 0.141 e. The van der Waals surface area contributed by atoms with Crippen LogP contribution in [-0.2, 0) is 13.1 Å². The topological polar surface area (TPSA) is 34.6 Å². The van der Waals surface area contributed by atoms with Gasteiger partial charge in [-0.25, -0.2) is 0 Å². The van der Waals surface area contributed by atoms with Crippen molar-refractivity contribution in [1.29, 1.82) is 0 Å². The molecule has 0 N–H and O–H groups in total. The Morgan fingerprint density at radius 2 is 1.96 bits per heavy atom. The van der Waals surface area contributed by atoms with Crippen LogP contribution in [0.3, 0.4) is 0 Å². The van der Waals surface area contributed by atoms with Crippen LogP contribution in [0.25, 0.3) is 0 Å². The van der Waals surface area contributed by atoms with Crippen molar-refractivity contribution in [3.8, 4) is 11.5 Å². The molecular formula is C18H21ClN2O2. The molecule has 4 nitrogen and oxygen atoms in total. The number of aromatic nitrogens is 1. The van der Waals surface area contributed by atoms with E-state index in [1.807, 2.05) is 24.4 Å². The molecule has 2 aromatic rings. The number of hydrogen-bond acceptors (Lipinski definition) is 4. The lowest BCUT2D eigenvalue weighted by Crippen LogP contribution is -2.25. The number of nitrogens with zero attached hydrogens (tertiary/aromatic N) is 2. The Hall–Kier alpha value is -1.78. The Labute approximate surface area is 142 Å². The van der Waals surface area contributed by atoms with Gasteiger partial charge in [0.1, 0.15) is 11.5 Å². The summed E-state index contributed by atoms with van der Waals surface area (Å²) in [5, 5.41) is 0.612. The standard InChI is InChI=1S/C18H21ClN2O2/c1-22-17-9-18(23-2)16(19)8-14(17)12-21(15-5-6-15)11-13-4-3-7-20-10-13/h3-4,7-10,15H,5-6,11-12H2,1-2H3. The summed E-state index contributed by atoms with van der Waals surface area (Å²) in [7, 11) is 3.29. The summed E-state index contributed by atoms with van der Waals surface area (Å²) in [4.78, 5) is 6.66. The first-order valence-electron chi connectivity index (χ1n) is 7.74. The predicted octanol–water partition coefficient (Wildman–Crippen LogP) is 3.92. The molecule has 0 saturated heterocycles. The maximum atomic E-state index is 6.29. The molecule has 0 radical (unpaired) electrons. The number of rotatable bonds is 7. The summed E-state index contributed by atoms with van der Waals surface area (Å²) in [5.41, 5.74) is 2.30. The van der Waals surface area contributed by atoms with Crippen molar-refractivity contribution in [2.45, 2.75) is 32.0 Å². The van der Waals surface area contributed by atoms with Crippen LogP contribution in [0.15, 0.2) is 36.7 Å². The molecule has 3 rings (SSSR count). The molecule has 0 bridgehead atoms. The third-order valence-corrected chi connectivity index (χ3v) is 4.40. The first-order valence-corrected chi connectivity index (χ1v) is 8.12. The van der Waals surface area contributed by atoms with Crippen LogP contribution in [-0.4, -0.2) is 30.1 Å². The van der Waals surface area contributed by atoms with Gasteiger partial charge >= 0.3 is 0 Å². The van der Waals surface area contributed by atoms with Crippen LogP contribution < -0.4 is 9.47 Å². The van der Waals surface area contributed by atoms with Gasteiger partial charge in [-0.15, -0.1) is 0 Å². The highest BCUT2D eigenvalue weighted by molar-refractivity contribution is 6.32. The molecule has 0 aliphatic heterocycles. The average Bonchev–Trinajstić information content (AvgIpc) is 3.40. The van der Waals surface area contributed by atoms with Crippen LogP contribution in [0.4, 0.5) is 0 Å². The van der Waals surface area contributed by atoms with E-state index < -0.39 is 0 Å². The number of ether oxygens (including phenoxy) is 2. The molecule has 1 aromatic heterocycles. The minimum atomic E-state index is 0.612. The average molecular weight is 333 g/mol. The Bertz CT molecular complexity index is 660. The predicted molar refractivity (Wildman–Crippen MR) is 91.1 cm³/mol. The fraction of sp³-hybridized carbons (Fsp3) is 0.389. The van der Waals surface area contributed by atoms with E-state index >= 15 is 0 Å². The van der Waals surface area contributed by atoms with E-state index in [-0.39, 0.29) is 0 Å². The lowest BCUT2D eigenvalue weighted by atomic mass is 10.1. The Morgan fingerprint density at radius 3 is 2.57 bits per heavy atom. The Morgan fingerprint density at radius 1 is 1.17 bits per heavy atom. The van der Waals surface area contributed by atoms with Gasteiger partial charge in [0.25, 0.3) is 0 Å². The van der Waals surface area contributed by atoms with Crippen molar-refractivity contribution in [3.63, 3.8) is 0 Å². The van der Waals surface area contributed by atoms with Gasteiger partial charge in [0, 0.05) is 43.2 Å². The van der Waals surface area contributed by atoms with Gasteiger partial charge in [0.05, 0.1) is 19.2 Å². The van der Waals surface area contributed by atoms with Gasteiger partial charge in [-0.05, 0) is 30.5 Å². The molecule has 1 aromatic carbocycles. The summed E-state index contributed by atoms with van der Waals surface area (Å²) >= 11 is 6.29. The van der Waals surface area contributed by atoms with Crippen molar-refractivity contribution >= 4 is 11.6 Å². The number of methoxy groups -OCH3 is 2. The number of halogens is 1. The van der Waals surface area contributed by atoms with E-state index in [2.05, 4.69) is 16.0 Å². The van der Waals surface area contributed by atoms with E-state index in [0.29, 0.717) is 16.8 Å². The van der Waals surface area contributed by atoms with Crippen molar-refractivity contribution in [3.05, 3.63) is 52.8 Å². The van der Waals surface area contributed by atoms with Crippen molar-refractivity contribution in [1.82, 2.24) is 9.88 Å². The van der Waals surface area contributed by atoms with Crippen LogP contribution in [0.5, 0.6) is 11.5 Å². The van der Waals surface area contributed by atoms with Gasteiger partial charge < -0.3 is 9.47 Å². The van der Waals surface area contributed by atoms with Crippen LogP contribution in [0, 0.1) is 0 Å². The normalized spacial score (nSPS) is 14.1. The molecule has 1 saturated carbocycles. The summed E-state index contributed by atoms with van der Waals surface area (Å²) < 4.78 is 10.8. The van der Waals surface area contributed by atoms with Gasteiger partial charge in [0.2, 0.25) is 0 Å². The lowest BCUT2D eigenvalue weighted by molar-refractivity contribution is 0.241. The quantitative estimate of drug-likeness (QED) is 0.769. The van der Waals surface area contributed by atoms with Gasteiger partial charge in [0.15, 0.2) is 0 Å². The molecule has 0 spiro atoms. The summed E-state index contributed by atoms with van der Waals surface area (Å²) in [6.45, 7) is 1.68. The Balaban J connectivity index is 1.81. The largest absolute Gasteiger partial charge is 0.496 e. The first-order chi connectivity index (χ1) is 11.2. The highest BCUT2D eigenvalue weighted by Gasteiger charge is 2.29. The van der Waals surface area contributed by atoms with Gasteiger partial charge in [-0.3, -0.25) is 9.88 Å². The van der Waals surface area contributed by atoms with E-state index in [0.717, 1.165) is 24.4 Å². The number of benzene rings is 1. The van der Waals surface area contributed by atoms with E-state index in [9.17, 15) is 0 Å². The minimum Gasteiger partial charge on any atom is -0.496 e. The second-order valence-electron chi connectivity index (χ2n) is 5.80. The van der Waals surface area contributed by atoms with E-state index in [1.54, 1.807) is 20.4 Å². The minimum absolute atomic E-state index is 0.612. The molecule has 0 atom stereocenters. The highest BCUT2D eigenvalue weighted by Crippen LogP contribution is 2.36. The van der Waals surface area contributed by atoms with Gasteiger partial charge in [-0.1, -0.05) is 17.7 Å². The molecule has 0 unspecified atom stereocenters. The molecule has 5 heteroatoms. The maximum absolute atomic E-state index is 6.29. The summed E-state index contributed by atoms with van der Waals surface area (Å²) in [5.74, 6) is 1.44. The SMILES string of the molecule is COc1cc(OC)c(CN(Cc2cccnc2)C2CC2)cc1Cl. The monoisotopic (exact) mass is 332 g/mol. The van der Waals surface area contributed by atoms with Crippen molar-refractivity contribution < 1.29 is 9.47 Å². The second-order valence-corrected chi connectivity index (χ2v) is 6.20. The van der Waals surface area contributed by atoms with Gasteiger partial charge in [-0.2, -0.15) is 0 Å². The lowest BCUT2D eigenvalue weighted by Gasteiger charge is -2.23. The maximum Gasteiger partial charge on any atom is 0.141 e. The Kier molecular flexibility index (Phi) is 5.03. The van der Waals surface area contributed by atoms with Crippen LogP contribution >= 0.6 is 11.6 Å². The van der Waals surface area contributed by atoms with E-state index in [4.69, 9.17) is 21.1 Å². The van der Waals surface area contributed by atoms with Crippen molar-refractivity contribution in [2.24, 2.45) is 0 Å².